The molecule has 4 heteroatoms. The van der Waals surface area contributed by atoms with Gasteiger partial charge < -0.3 is 10.5 Å². The van der Waals surface area contributed by atoms with Crippen molar-refractivity contribution in [1.82, 2.24) is 4.98 Å². The zero-order chi connectivity index (χ0) is 12.8. The Bertz CT molecular complexity index is 482. The van der Waals surface area contributed by atoms with Crippen LogP contribution in [0.1, 0.15) is 15.6 Å². The maximum Gasteiger partial charge on any atom is 0.119 e. The first-order chi connectivity index (χ1) is 8.79. The monoisotopic (exact) mass is 262 g/mol. The van der Waals surface area contributed by atoms with Crippen LogP contribution in [0.15, 0.2) is 30.3 Å². The Balaban J connectivity index is 1.85. The van der Waals surface area contributed by atoms with Gasteiger partial charge in [-0.3, -0.25) is 0 Å². The average molecular weight is 262 g/mol. The van der Waals surface area contributed by atoms with Gasteiger partial charge in [-0.25, -0.2) is 4.98 Å². The minimum Gasteiger partial charge on any atom is -0.493 e. The first kappa shape index (κ1) is 13.1. The molecule has 1 aromatic carbocycles. The van der Waals surface area contributed by atoms with Crippen LogP contribution in [-0.4, -0.2) is 18.1 Å². The summed E-state index contributed by atoms with van der Waals surface area (Å²) < 4.78 is 5.66. The second-order valence-electron chi connectivity index (χ2n) is 4.07. The molecule has 1 heterocycles. The molecule has 0 aliphatic carbocycles. The maximum atomic E-state index is 5.66. The number of hydrogen-bond acceptors (Lipinski definition) is 4. The Hall–Kier alpha value is -1.39. The highest BCUT2D eigenvalue weighted by Gasteiger charge is 2.06. The predicted octanol–water partition coefficient (Wildman–Crippen LogP) is 2.57. The maximum absolute atomic E-state index is 5.66. The van der Waals surface area contributed by atoms with Crippen molar-refractivity contribution in [3.63, 3.8) is 0 Å². The van der Waals surface area contributed by atoms with Crippen molar-refractivity contribution < 1.29 is 4.74 Å². The standard InChI is InChI=1S/C14H18N2OS/c1-11-13(7-9-15)18-14(16-11)8-10-17-12-5-3-2-4-6-12/h2-6H,7-10,15H2,1H3. The summed E-state index contributed by atoms with van der Waals surface area (Å²) in [6, 6.07) is 9.86. The van der Waals surface area contributed by atoms with Crippen LogP contribution in [0.5, 0.6) is 5.75 Å². The molecule has 0 spiro atoms. The van der Waals surface area contributed by atoms with E-state index in [1.54, 1.807) is 11.3 Å². The van der Waals surface area contributed by atoms with Crippen molar-refractivity contribution in [2.45, 2.75) is 19.8 Å². The molecule has 0 atom stereocenters. The number of nitrogens with zero attached hydrogens (tertiary/aromatic N) is 1. The molecule has 96 valence electrons. The van der Waals surface area contributed by atoms with Gasteiger partial charge in [-0.1, -0.05) is 18.2 Å². The fraction of sp³-hybridized carbons (Fsp3) is 0.357. The molecule has 0 aliphatic heterocycles. The van der Waals surface area contributed by atoms with Crippen molar-refractivity contribution in [1.29, 1.82) is 0 Å². The molecule has 2 aromatic rings. The summed E-state index contributed by atoms with van der Waals surface area (Å²) in [6.45, 7) is 3.39. The van der Waals surface area contributed by atoms with Crippen LogP contribution in [0.4, 0.5) is 0 Å². The van der Waals surface area contributed by atoms with Gasteiger partial charge in [-0.15, -0.1) is 11.3 Å². The first-order valence-corrected chi connectivity index (χ1v) is 6.94. The van der Waals surface area contributed by atoms with Crippen molar-refractivity contribution in [2.24, 2.45) is 5.73 Å². The summed E-state index contributed by atoms with van der Waals surface area (Å²) in [5.41, 5.74) is 6.68. The van der Waals surface area contributed by atoms with Crippen LogP contribution in [0.3, 0.4) is 0 Å². The number of aryl methyl sites for hydroxylation is 1. The van der Waals surface area contributed by atoms with E-state index in [9.17, 15) is 0 Å². The van der Waals surface area contributed by atoms with Crippen LogP contribution in [0.25, 0.3) is 0 Å². The molecule has 0 bridgehead atoms. The van der Waals surface area contributed by atoms with E-state index in [2.05, 4.69) is 4.98 Å². The molecule has 2 N–H and O–H groups in total. The third kappa shape index (κ3) is 3.55. The number of aromatic nitrogens is 1. The van der Waals surface area contributed by atoms with E-state index in [4.69, 9.17) is 10.5 Å². The predicted molar refractivity (Wildman–Crippen MR) is 75.3 cm³/mol. The third-order valence-electron chi connectivity index (χ3n) is 2.64. The molecule has 2 rings (SSSR count). The Morgan fingerprint density at radius 3 is 2.72 bits per heavy atom. The summed E-state index contributed by atoms with van der Waals surface area (Å²) in [4.78, 5) is 5.84. The van der Waals surface area contributed by atoms with E-state index in [0.29, 0.717) is 13.2 Å². The summed E-state index contributed by atoms with van der Waals surface area (Å²) in [6.07, 6.45) is 1.77. The van der Waals surface area contributed by atoms with Gasteiger partial charge in [0.1, 0.15) is 5.75 Å². The average Bonchev–Trinajstić information content (AvgIpc) is 2.72. The summed E-state index contributed by atoms with van der Waals surface area (Å²) in [5.74, 6) is 0.910. The fourth-order valence-corrected chi connectivity index (χ4v) is 2.80. The second-order valence-corrected chi connectivity index (χ2v) is 5.23. The lowest BCUT2D eigenvalue weighted by Crippen LogP contribution is -2.01. The largest absolute Gasteiger partial charge is 0.493 e. The van der Waals surface area contributed by atoms with Gasteiger partial charge in [0.2, 0.25) is 0 Å². The molecular weight excluding hydrogens is 244 g/mol. The lowest BCUT2D eigenvalue weighted by atomic mass is 10.3. The molecule has 1 aromatic heterocycles. The zero-order valence-electron chi connectivity index (χ0n) is 10.6. The highest BCUT2D eigenvalue weighted by atomic mass is 32.1. The van der Waals surface area contributed by atoms with Gasteiger partial charge in [0, 0.05) is 11.3 Å². The minimum absolute atomic E-state index is 0.666. The van der Waals surface area contributed by atoms with Crippen LogP contribution in [0, 0.1) is 6.92 Å². The van der Waals surface area contributed by atoms with Gasteiger partial charge in [0.15, 0.2) is 0 Å². The summed E-state index contributed by atoms with van der Waals surface area (Å²) in [5, 5.41) is 1.13. The van der Waals surface area contributed by atoms with Gasteiger partial charge in [-0.05, 0) is 32.0 Å². The Morgan fingerprint density at radius 2 is 2.00 bits per heavy atom. The van der Waals surface area contributed by atoms with E-state index in [0.717, 1.165) is 29.3 Å². The first-order valence-electron chi connectivity index (χ1n) is 6.12. The zero-order valence-corrected chi connectivity index (χ0v) is 11.4. The Morgan fingerprint density at radius 1 is 1.22 bits per heavy atom. The van der Waals surface area contributed by atoms with Gasteiger partial charge in [0.25, 0.3) is 0 Å². The van der Waals surface area contributed by atoms with E-state index < -0.39 is 0 Å². The van der Waals surface area contributed by atoms with Crippen LogP contribution >= 0.6 is 11.3 Å². The Kier molecular flexibility index (Phi) is 4.73. The molecule has 0 unspecified atom stereocenters. The molecule has 0 saturated heterocycles. The van der Waals surface area contributed by atoms with Crippen LogP contribution in [-0.2, 0) is 12.8 Å². The number of ether oxygens (including phenoxy) is 1. The highest BCUT2D eigenvalue weighted by molar-refractivity contribution is 7.11. The number of nitrogens with two attached hydrogens (primary N) is 1. The number of thiazole rings is 1. The lowest BCUT2D eigenvalue weighted by Gasteiger charge is -2.03. The van der Waals surface area contributed by atoms with Crippen molar-refractivity contribution >= 4 is 11.3 Å². The normalized spacial score (nSPS) is 10.6. The van der Waals surface area contributed by atoms with Crippen molar-refractivity contribution in [3.05, 3.63) is 45.9 Å². The van der Waals surface area contributed by atoms with Crippen LogP contribution < -0.4 is 10.5 Å². The molecule has 18 heavy (non-hydrogen) atoms. The van der Waals surface area contributed by atoms with E-state index in [1.165, 1.54) is 4.88 Å². The smallest absolute Gasteiger partial charge is 0.119 e. The van der Waals surface area contributed by atoms with E-state index in [-0.39, 0.29) is 0 Å². The van der Waals surface area contributed by atoms with Gasteiger partial charge in [0.05, 0.1) is 17.3 Å². The summed E-state index contributed by atoms with van der Waals surface area (Å²) in [7, 11) is 0. The number of rotatable bonds is 6. The third-order valence-corrected chi connectivity index (χ3v) is 3.91. The molecule has 0 fully saturated rings. The SMILES string of the molecule is Cc1nc(CCOc2ccccc2)sc1CCN. The topological polar surface area (TPSA) is 48.1 Å². The van der Waals surface area contributed by atoms with E-state index >= 15 is 0 Å². The molecule has 0 amide bonds. The second kappa shape index (κ2) is 6.52. The Labute approximate surface area is 112 Å². The number of benzene rings is 1. The van der Waals surface area contributed by atoms with E-state index in [1.807, 2.05) is 37.3 Å². The quantitative estimate of drug-likeness (QED) is 0.870. The van der Waals surface area contributed by atoms with Gasteiger partial charge >= 0.3 is 0 Å². The number of para-hydroxylation sites is 1. The molecular formula is C14H18N2OS. The minimum atomic E-state index is 0.666. The molecule has 0 aliphatic rings. The number of hydrogen-bond donors (Lipinski definition) is 1. The molecule has 3 nitrogen and oxygen atoms in total. The lowest BCUT2D eigenvalue weighted by molar-refractivity contribution is 0.321. The summed E-state index contributed by atoms with van der Waals surface area (Å²) >= 11 is 1.75. The van der Waals surface area contributed by atoms with Crippen molar-refractivity contribution in [3.8, 4) is 5.75 Å². The fourth-order valence-electron chi connectivity index (χ4n) is 1.73. The van der Waals surface area contributed by atoms with Crippen molar-refractivity contribution in [2.75, 3.05) is 13.2 Å². The molecule has 0 radical (unpaired) electrons. The molecule has 0 saturated carbocycles. The van der Waals surface area contributed by atoms with Gasteiger partial charge in [-0.2, -0.15) is 0 Å². The highest BCUT2D eigenvalue weighted by Crippen LogP contribution is 2.19. The van der Waals surface area contributed by atoms with Crippen LogP contribution in [0.2, 0.25) is 0 Å².